The van der Waals surface area contributed by atoms with Gasteiger partial charge < -0.3 is 15.7 Å². The van der Waals surface area contributed by atoms with Gasteiger partial charge >= 0.3 is 6.09 Å². The molecule has 0 spiro atoms. The average molecular weight is 419 g/mol. The number of pyridine rings is 1. The van der Waals surface area contributed by atoms with E-state index in [4.69, 9.17) is 5.11 Å². The van der Waals surface area contributed by atoms with Gasteiger partial charge in [-0.15, -0.1) is 0 Å². The highest BCUT2D eigenvalue weighted by Crippen LogP contribution is 2.38. The van der Waals surface area contributed by atoms with E-state index in [1.54, 1.807) is 12.4 Å². The summed E-state index contributed by atoms with van der Waals surface area (Å²) in [5.74, 6) is 0.263. The van der Waals surface area contributed by atoms with Crippen LogP contribution in [0.3, 0.4) is 0 Å². The Hall–Kier alpha value is -3.42. The Kier molecular flexibility index (Phi) is 5.05. The molecule has 0 radical (unpaired) electrons. The Morgan fingerprint density at radius 2 is 1.77 bits per heavy atom. The van der Waals surface area contributed by atoms with Gasteiger partial charge in [0.25, 0.3) is 0 Å². The fourth-order valence-corrected chi connectivity index (χ4v) is 4.45. The fourth-order valence-electron chi connectivity index (χ4n) is 4.45. The van der Waals surface area contributed by atoms with Gasteiger partial charge in [-0.3, -0.25) is 14.9 Å². The van der Waals surface area contributed by atoms with Crippen molar-refractivity contribution in [3.63, 3.8) is 0 Å². The van der Waals surface area contributed by atoms with Gasteiger partial charge in [-0.1, -0.05) is 6.07 Å². The maximum atomic E-state index is 13.0. The molecular weight excluding hydrogens is 394 g/mol. The van der Waals surface area contributed by atoms with Crippen LogP contribution in [-0.2, 0) is 0 Å². The molecule has 1 amide bonds. The summed E-state index contributed by atoms with van der Waals surface area (Å²) in [5, 5.41) is 23.0. The molecule has 2 heterocycles. The Balaban J connectivity index is 1.49. The monoisotopic (exact) mass is 419 g/mol. The number of Topliss-reactive ketones (excluding diaryl/α,β-unsaturated/α-hetero) is 1. The summed E-state index contributed by atoms with van der Waals surface area (Å²) in [6, 6.07) is 6.22. The van der Waals surface area contributed by atoms with Crippen LogP contribution in [0.5, 0.6) is 0 Å². The Morgan fingerprint density at radius 3 is 2.45 bits per heavy atom. The third-order valence-corrected chi connectivity index (χ3v) is 6.32. The van der Waals surface area contributed by atoms with Crippen molar-refractivity contribution in [3.8, 4) is 11.1 Å². The SMILES string of the molecule is O=C(O)NC1CCC(Nc2c(C(=O)C3CC3)cnc3ccc(-c4cn[nH]c4)cc23)CC1. The lowest BCUT2D eigenvalue weighted by Crippen LogP contribution is -2.39. The number of H-pyrrole nitrogens is 1. The van der Waals surface area contributed by atoms with Crippen LogP contribution in [0.15, 0.2) is 36.8 Å². The Bertz CT molecular complexity index is 1120. The van der Waals surface area contributed by atoms with Crippen molar-refractivity contribution in [3.05, 3.63) is 42.4 Å². The van der Waals surface area contributed by atoms with Crippen molar-refractivity contribution < 1.29 is 14.7 Å². The molecule has 31 heavy (non-hydrogen) atoms. The van der Waals surface area contributed by atoms with Crippen LogP contribution in [0.2, 0.25) is 0 Å². The first-order valence-electron chi connectivity index (χ1n) is 10.8. The molecule has 2 fully saturated rings. The molecule has 2 aliphatic rings. The number of ketones is 1. The van der Waals surface area contributed by atoms with Gasteiger partial charge in [-0.2, -0.15) is 5.10 Å². The number of aromatic nitrogens is 3. The lowest BCUT2D eigenvalue weighted by Gasteiger charge is -2.30. The molecule has 0 bridgehead atoms. The summed E-state index contributed by atoms with van der Waals surface area (Å²) in [6.07, 6.45) is 9.48. The van der Waals surface area contributed by atoms with Crippen LogP contribution in [0.1, 0.15) is 48.9 Å². The topological polar surface area (TPSA) is 120 Å². The lowest BCUT2D eigenvalue weighted by molar-refractivity contribution is 0.0968. The molecule has 0 unspecified atom stereocenters. The molecule has 8 heteroatoms. The van der Waals surface area contributed by atoms with Crippen molar-refractivity contribution in [1.29, 1.82) is 0 Å². The summed E-state index contributed by atoms with van der Waals surface area (Å²) >= 11 is 0. The number of carboxylic acid groups (broad SMARTS) is 1. The highest BCUT2D eigenvalue weighted by atomic mass is 16.4. The number of carbonyl (C=O) groups excluding carboxylic acids is 1. The first-order chi connectivity index (χ1) is 15.1. The number of carbonyl (C=O) groups is 2. The molecule has 0 saturated heterocycles. The number of anilines is 1. The normalized spacial score (nSPS) is 21.0. The molecule has 2 aliphatic carbocycles. The van der Waals surface area contributed by atoms with Crippen molar-refractivity contribution >= 4 is 28.5 Å². The Morgan fingerprint density at radius 1 is 1.00 bits per heavy atom. The third-order valence-electron chi connectivity index (χ3n) is 6.32. The van der Waals surface area contributed by atoms with E-state index in [1.807, 2.05) is 18.3 Å². The number of nitrogens with zero attached hydrogens (tertiary/aromatic N) is 2. The van der Waals surface area contributed by atoms with Crippen LogP contribution in [0.25, 0.3) is 22.0 Å². The number of fused-ring (bicyclic) bond motifs is 1. The van der Waals surface area contributed by atoms with Gasteiger partial charge in [0, 0.05) is 41.3 Å². The fraction of sp³-hybridized carbons (Fsp3) is 0.391. The van der Waals surface area contributed by atoms with E-state index in [2.05, 4.69) is 31.9 Å². The number of amides is 1. The number of nitrogens with one attached hydrogen (secondary N) is 3. The van der Waals surface area contributed by atoms with E-state index in [9.17, 15) is 9.59 Å². The number of benzene rings is 1. The maximum absolute atomic E-state index is 13.0. The lowest BCUT2D eigenvalue weighted by atomic mass is 9.90. The highest BCUT2D eigenvalue weighted by molar-refractivity contribution is 6.10. The molecule has 3 aromatic rings. The van der Waals surface area contributed by atoms with Gasteiger partial charge in [0.1, 0.15) is 0 Å². The molecule has 0 aliphatic heterocycles. The van der Waals surface area contributed by atoms with E-state index in [-0.39, 0.29) is 23.8 Å². The minimum Gasteiger partial charge on any atom is -0.465 e. The smallest absolute Gasteiger partial charge is 0.404 e. The number of aromatic amines is 1. The summed E-state index contributed by atoms with van der Waals surface area (Å²) in [5.41, 5.74) is 4.33. The second kappa shape index (κ2) is 8.02. The first-order valence-corrected chi connectivity index (χ1v) is 10.8. The van der Waals surface area contributed by atoms with E-state index in [0.717, 1.165) is 66.2 Å². The minimum absolute atomic E-state index is 0.00926. The summed E-state index contributed by atoms with van der Waals surface area (Å²) in [4.78, 5) is 28.5. The molecule has 8 nitrogen and oxygen atoms in total. The summed E-state index contributed by atoms with van der Waals surface area (Å²) in [7, 11) is 0. The predicted molar refractivity (Wildman–Crippen MR) is 117 cm³/mol. The van der Waals surface area contributed by atoms with Crippen LogP contribution in [-0.4, -0.2) is 44.2 Å². The number of hydrogen-bond donors (Lipinski definition) is 4. The largest absolute Gasteiger partial charge is 0.465 e. The van der Waals surface area contributed by atoms with Crippen molar-refractivity contribution in [2.24, 2.45) is 5.92 Å². The number of hydrogen-bond acceptors (Lipinski definition) is 5. The van der Waals surface area contributed by atoms with E-state index in [0.29, 0.717) is 5.56 Å². The first kappa shape index (κ1) is 19.5. The zero-order valence-corrected chi connectivity index (χ0v) is 17.1. The minimum atomic E-state index is -0.972. The third kappa shape index (κ3) is 4.10. The molecule has 5 rings (SSSR count). The standard InChI is InChI=1S/C23H25N5O3/c29-22(13-1-2-13)19-12-24-20-8-3-14(15-10-25-26-11-15)9-18(20)21(19)27-16-4-6-17(7-5-16)28-23(30)31/h3,8-13,16-17,28H,1-2,4-7H2,(H,24,27)(H,25,26)(H,30,31). The van der Waals surface area contributed by atoms with Gasteiger partial charge in [0.05, 0.1) is 23.0 Å². The van der Waals surface area contributed by atoms with E-state index < -0.39 is 6.09 Å². The zero-order valence-electron chi connectivity index (χ0n) is 17.1. The quantitative estimate of drug-likeness (QED) is 0.444. The molecule has 2 saturated carbocycles. The van der Waals surface area contributed by atoms with Crippen LogP contribution >= 0.6 is 0 Å². The molecular formula is C23H25N5O3. The molecule has 4 N–H and O–H groups in total. The van der Waals surface area contributed by atoms with Gasteiger partial charge in [0.15, 0.2) is 5.78 Å². The van der Waals surface area contributed by atoms with Crippen LogP contribution < -0.4 is 10.6 Å². The van der Waals surface area contributed by atoms with Crippen molar-refractivity contribution in [1.82, 2.24) is 20.5 Å². The Labute approximate surface area is 179 Å². The van der Waals surface area contributed by atoms with Crippen LogP contribution in [0.4, 0.5) is 10.5 Å². The predicted octanol–water partition coefficient (Wildman–Crippen LogP) is 4.21. The molecule has 1 aromatic carbocycles. The highest BCUT2D eigenvalue weighted by Gasteiger charge is 2.33. The van der Waals surface area contributed by atoms with E-state index >= 15 is 0 Å². The number of rotatable bonds is 6. The zero-order chi connectivity index (χ0) is 21.4. The second-order valence-electron chi connectivity index (χ2n) is 8.55. The van der Waals surface area contributed by atoms with Crippen molar-refractivity contribution in [2.75, 3.05) is 5.32 Å². The van der Waals surface area contributed by atoms with E-state index in [1.165, 1.54) is 0 Å². The average Bonchev–Trinajstić information content (AvgIpc) is 3.48. The molecule has 0 atom stereocenters. The summed E-state index contributed by atoms with van der Waals surface area (Å²) < 4.78 is 0. The van der Waals surface area contributed by atoms with Crippen LogP contribution in [0, 0.1) is 5.92 Å². The maximum Gasteiger partial charge on any atom is 0.404 e. The molecule has 2 aromatic heterocycles. The van der Waals surface area contributed by atoms with Crippen molar-refractivity contribution in [2.45, 2.75) is 50.6 Å². The second-order valence-corrected chi connectivity index (χ2v) is 8.55. The summed E-state index contributed by atoms with van der Waals surface area (Å²) in [6.45, 7) is 0. The molecule has 160 valence electrons. The van der Waals surface area contributed by atoms with Gasteiger partial charge in [-0.05, 0) is 56.2 Å². The van der Waals surface area contributed by atoms with Gasteiger partial charge in [-0.25, -0.2) is 4.79 Å². The van der Waals surface area contributed by atoms with Gasteiger partial charge in [0.2, 0.25) is 0 Å².